The topological polar surface area (TPSA) is 135 Å². The number of aromatic nitrogens is 2. The maximum absolute atomic E-state index is 13.9. The number of hydrogen-bond donors (Lipinski definition) is 3. The van der Waals surface area contributed by atoms with E-state index in [9.17, 15) is 19.2 Å². The SMILES string of the molecule is CCOC(=O)CNC(=O)NNC(=O)c1nc2ccccc2n(C2C[C@H]3CCC[C@@H](C2)N3C2C[C@H]3CCC[C@@H](C2)C3)c1=O. The minimum atomic E-state index is -0.808. The fourth-order valence-corrected chi connectivity index (χ4v) is 8.38. The molecule has 6 atom stereocenters. The number of ether oxygens (including phenoxy) is 1. The number of amides is 3. The van der Waals surface area contributed by atoms with Gasteiger partial charge in [0, 0.05) is 24.2 Å². The molecule has 3 heterocycles. The van der Waals surface area contributed by atoms with E-state index in [0.717, 1.165) is 43.0 Å². The maximum atomic E-state index is 13.9. The third-order valence-electron chi connectivity index (χ3n) is 9.89. The van der Waals surface area contributed by atoms with Crippen LogP contribution in [0.2, 0.25) is 0 Å². The normalized spacial score (nSPS) is 29.0. The Balaban J connectivity index is 1.21. The molecule has 4 fully saturated rings. The highest BCUT2D eigenvalue weighted by molar-refractivity contribution is 5.95. The smallest absolute Gasteiger partial charge is 0.333 e. The average molecular weight is 579 g/mol. The Kier molecular flexibility index (Phi) is 8.46. The lowest BCUT2D eigenvalue weighted by atomic mass is 9.68. The molecule has 6 rings (SSSR count). The van der Waals surface area contributed by atoms with Crippen LogP contribution in [-0.2, 0) is 9.53 Å². The number of piperidine rings is 2. The highest BCUT2D eigenvalue weighted by Crippen LogP contribution is 2.47. The molecule has 1 aromatic heterocycles. The van der Waals surface area contributed by atoms with Crippen molar-refractivity contribution in [2.75, 3.05) is 13.2 Å². The highest BCUT2D eigenvalue weighted by atomic mass is 16.5. The molecular weight excluding hydrogens is 536 g/mol. The van der Waals surface area contributed by atoms with Gasteiger partial charge in [-0.2, -0.15) is 0 Å². The van der Waals surface area contributed by atoms with Crippen LogP contribution in [0.1, 0.15) is 94.1 Å². The molecule has 2 unspecified atom stereocenters. The van der Waals surface area contributed by atoms with E-state index in [1.165, 1.54) is 44.9 Å². The number of carbonyl (C=O) groups excluding carboxylic acids is 3. The first-order chi connectivity index (χ1) is 20.4. The van der Waals surface area contributed by atoms with Crippen molar-refractivity contribution in [3.63, 3.8) is 0 Å². The number of nitrogens with zero attached hydrogens (tertiary/aromatic N) is 3. The van der Waals surface area contributed by atoms with Crippen LogP contribution in [0.5, 0.6) is 0 Å². The summed E-state index contributed by atoms with van der Waals surface area (Å²) in [6.45, 7) is 1.51. The van der Waals surface area contributed by atoms with Gasteiger partial charge in [-0.15, -0.1) is 0 Å². The number of para-hydroxylation sites is 2. The van der Waals surface area contributed by atoms with Gasteiger partial charge in [0.2, 0.25) is 0 Å². The molecule has 3 amide bonds. The number of benzene rings is 1. The predicted molar refractivity (Wildman–Crippen MR) is 157 cm³/mol. The zero-order valence-corrected chi connectivity index (χ0v) is 24.3. The molecule has 11 heteroatoms. The maximum Gasteiger partial charge on any atom is 0.333 e. The molecular formula is C31H42N6O5. The van der Waals surface area contributed by atoms with E-state index in [-0.39, 0.29) is 24.9 Å². The molecule has 4 aliphatic rings. The van der Waals surface area contributed by atoms with Crippen LogP contribution in [0, 0.1) is 11.8 Å². The Hall–Kier alpha value is -3.47. The van der Waals surface area contributed by atoms with E-state index in [2.05, 4.69) is 26.1 Å². The molecule has 42 heavy (non-hydrogen) atoms. The van der Waals surface area contributed by atoms with E-state index < -0.39 is 23.5 Å². The summed E-state index contributed by atoms with van der Waals surface area (Å²) in [6.07, 6.45) is 13.5. The molecule has 1 aromatic carbocycles. The van der Waals surface area contributed by atoms with Crippen molar-refractivity contribution >= 4 is 28.9 Å². The molecule has 2 aromatic rings. The summed E-state index contributed by atoms with van der Waals surface area (Å²) in [5.74, 6) is 0.335. The number of urea groups is 1. The second kappa shape index (κ2) is 12.4. The third kappa shape index (κ3) is 5.88. The van der Waals surface area contributed by atoms with Crippen molar-refractivity contribution in [1.29, 1.82) is 0 Å². The van der Waals surface area contributed by atoms with Crippen LogP contribution in [-0.4, -0.2) is 63.6 Å². The van der Waals surface area contributed by atoms with E-state index in [4.69, 9.17) is 4.74 Å². The first-order valence-electron chi connectivity index (χ1n) is 15.7. The van der Waals surface area contributed by atoms with Gasteiger partial charge in [0.15, 0.2) is 5.69 Å². The van der Waals surface area contributed by atoms with Crippen LogP contribution in [0.4, 0.5) is 4.79 Å². The summed E-state index contributed by atoms with van der Waals surface area (Å²) in [5, 5.41) is 2.30. The van der Waals surface area contributed by atoms with Crippen LogP contribution >= 0.6 is 0 Å². The molecule has 0 spiro atoms. The van der Waals surface area contributed by atoms with E-state index in [1.807, 2.05) is 18.2 Å². The Morgan fingerprint density at radius 2 is 1.57 bits per heavy atom. The van der Waals surface area contributed by atoms with Crippen molar-refractivity contribution in [1.82, 2.24) is 30.6 Å². The van der Waals surface area contributed by atoms with Crippen molar-refractivity contribution in [2.45, 2.75) is 102 Å². The molecule has 226 valence electrons. The van der Waals surface area contributed by atoms with Gasteiger partial charge in [-0.05, 0) is 75.8 Å². The number of carbonyl (C=O) groups is 3. The van der Waals surface area contributed by atoms with Crippen molar-refractivity contribution < 1.29 is 19.1 Å². The monoisotopic (exact) mass is 578 g/mol. The van der Waals surface area contributed by atoms with Gasteiger partial charge in [-0.3, -0.25) is 24.7 Å². The van der Waals surface area contributed by atoms with Crippen molar-refractivity contribution in [2.24, 2.45) is 11.8 Å². The zero-order valence-electron chi connectivity index (χ0n) is 24.3. The number of rotatable bonds is 6. The van der Waals surface area contributed by atoms with Gasteiger partial charge in [-0.1, -0.05) is 37.8 Å². The predicted octanol–water partition coefficient (Wildman–Crippen LogP) is 3.43. The quantitative estimate of drug-likeness (QED) is 0.353. The molecule has 4 bridgehead atoms. The van der Waals surface area contributed by atoms with Crippen LogP contribution in [0.3, 0.4) is 0 Å². The summed E-state index contributed by atoms with van der Waals surface area (Å²) in [7, 11) is 0. The fourth-order valence-electron chi connectivity index (χ4n) is 8.38. The van der Waals surface area contributed by atoms with Gasteiger partial charge in [0.05, 0.1) is 17.6 Å². The number of fused-ring (bicyclic) bond motifs is 5. The largest absolute Gasteiger partial charge is 0.465 e. The summed E-state index contributed by atoms with van der Waals surface area (Å²) in [4.78, 5) is 57.9. The lowest BCUT2D eigenvalue weighted by Crippen LogP contribution is -2.58. The van der Waals surface area contributed by atoms with Gasteiger partial charge in [-0.25, -0.2) is 15.2 Å². The minimum Gasteiger partial charge on any atom is -0.465 e. The number of hydrazine groups is 1. The standard InChI is InChI=1S/C31H42N6O5/c1-2-42-27(38)18-32-31(41)35-34-29(39)28-30(40)37(26-12-4-3-11-25(26)33-28)24-16-21-9-6-10-22(17-24)36(21)23-14-19-7-5-8-20(13-19)15-23/h3-4,11-12,19-24H,2,5-10,13-18H2,1H3,(H,34,39)(H2,32,35,41)/t19-,20+,21-,22+,23?,24?. The van der Waals surface area contributed by atoms with Gasteiger partial charge < -0.3 is 14.6 Å². The van der Waals surface area contributed by atoms with Crippen LogP contribution < -0.4 is 21.7 Å². The second-order valence-electron chi connectivity index (χ2n) is 12.5. The lowest BCUT2D eigenvalue weighted by molar-refractivity contribution is -0.141. The lowest BCUT2D eigenvalue weighted by Gasteiger charge is -2.55. The average Bonchev–Trinajstić information content (AvgIpc) is 2.98. The van der Waals surface area contributed by atoms with Gasteiger partial charge in [0.1, 0.15) is 6.54 Å². The molecule has 2 saturated heterocycles. The Labute approximate surface area is 245 Å². The first-order valence-corrected chi connectivity index (χ1v) is 15.7. The van der Waals surface area contributed by atoms with Crippen LogP contribution in [0.15, 0.2) is 29.1 Å². The van der Waals surface area contributed by atoms with Crippen LogP contribution in [0.25, 0.3) is 11.0 Å². The molecule has 11 nitrogen and oxygen atoms in total. The Morgan fingerprint density at radius 3 is 2.29 bits per heavy atom. The summed E-state index contributed by atoms with van der Waals surface area (Å²) in [6, 6.07) is 8.13. The Morgan fingerprint density at radius 1 is 0.881 bits per heavy atom. The second-order valence-corrected chi connectivity index (χ2v) is 12.5. The van der Waals surface area contributed by atoms with Crippen molar-refractivity contribution in [3.05, 3.63) is 40.3 Å². The van der Waals surface area contributed by atoms with Crippen molar-refractivity contribution in [3.8, 4) is 0 Å². The number of hydrogen-bond acceptors (Lipinski definition) is 7. The zero-order chi connectivity index (χ0) is 29.2. The van der Waals surface area contributed by atoms with E-state index in [0.29, 0.717) is 23.6 Å². The first kappa shape index (κ1) is 28.6. The molecule has 2 saturated carbocycles. The van der Waals surface area contributed by atoms with Gasteiger partial charge >= 0.3 is 12.0 Å². The minimum absolute atomic E-state index is 0.0348. The Bertz CT molecular complexity index is 1370. The summed E-state index contributed by atoms with van der Waals surface area (Å²) in [5.41, 5.74) is 5.01. The number of nitrogens with one attached hydrogen (secondary N) is 3. The fraction of sp³-hybridized carbons (Fsp3) is 0.645. The van der Waals surface area contributed by atoms with Gasteiger partial charge in [0.25, 0.3) is 11.5 Å². The summed E-state index contributed by atoms with van der Waals surface area (Å²) < 4.78 is 6.56. The third-order valence-corrected chi connectivity index (χ3v) is 9.89. The molecule has 3 N–H and O–H groups in total. The summed E-state index contributed by atoms with van der Waals surface area (Å²) >= 11 is 0. The van der Waals surface area contributed by atoms with E-state index in [1.54, 1.807) is 17.6 Å². The molecule has 2 aliphatic carbocycles. The number of esters is 1. The van der Waals surface area contributed by atoms with E-state index >= 15 is 0 Å². The molecule has 2 aliphatic heterocycles. The highest BCUT2D eigenvalue weighted by Gasteiger charge is 2.45. The molecule has 0 radical (unpaired) electrons.